The van der Waals surface area contributed by atoms with E-state index in [4.69, 9.17) is 4.74 Å². The molecule has 2 rings (SSSR count). The Morgan fingerprint density at radius 3 is 2.37 bits per heavy atom. The number of rotatable bonds is 5. The van der Waals surface area contributed by atoms with Crippen LogP contribution in [-0.2, 0) is 10.5 Å². The number of nitrogens with one attached hydrogen (secondary N) is 1. The second-order valence-electron chi connectivity index (χ2n) is 6.67. The maximum absolute atomic E-state index is 13.9. The van der Waals surface area contributed by atoms with Gasteiger partial charge in [-0.05, 0) is 24.1 Å². The van der Waals surface area contributed by atoms with Crippen LogP contribution in [0.3, 0.4) is 0 Å². The van der Waals surface area contributed by atoms with Crippen LogP contribution in [-0.4, -0.2) is 57.9 Å². The molecule has 0 saturated carbocycles. The molecule has 0 bridgehead atoms. The summed E-state index contributed by atoms with van der Waals surface area (Å²) in [5, 5.41) is 30.2. The van der Waals surface area contributed by atoms with Crippen LogP contribution in [0.25, 0.3) is 0 Å². The van der Waals surface area contributed by atoms with Gasteiger partial charge in [-0.15, -0.1) is 5.54 Å². The molecule has 0 aromatic carbocycles. The van der Waals surface area contributed by atoms with Crippen molar-refractivity contribution in [3.8, 4) is 11.5 Å². The summed E-state index contributed by atoms with van der Waals surface area (Å²) in [5.41, 5.74) is -1.22. The Bertz CT molecular complexity index is 847. The number of aromatic nitrogens is 2. The van der Waals surface area contributed by atoms with Gasteiger partial charge in [-0.1, -0.05) is 20.8 Å². The van der Waals surface area contributed by atoms with Gasteiger partial charge in [0.15, 0.2) is 0 Å². The lowest BCUT2D eigenvalue weighted by Crippen LogP contribution is -2.51. The third kappa shape index (κ3) is 3.65. The average Bonchev–Trinajstić information content (AvgIpc) is 2.91. The molecule has 27 heavy (non-hydrogen) atoms. The molecule has 1 aromatic heterocycles. The first kappa shape index (κ1) is 21.5. The van der Waals surface area contributed by atoms with Crippen molar-refractivity contribution in [1.82, 2.24) is 9.55 Å². The number of nitrogens with zero attached hydrogens (tertiary/aromatic N) is 1. The van der Waals surface area contributed by atoms with E-state index in [1.165, 1.54) is 0 Å². The number of aliphatic hydroxyl groups is 3. The zero-order valence-corrected chi connectivity index (χ0v) is 16.5. The first-order valence-electron chi connectivity index (χ1n) is 8.91. The van der Waals surface area contributed by atoms with Crippen LogP contribution in [0.4, 0.5) is 4.39 Å². The molecule has 4 atom stereocenters. The molecule has 1 aliphatic rings. The Labute approximate surface area is 156 Å². The zero-order chi connectivity index (χ0) is 20.4. The van der Waals surface area contributed by atoms with Crippen molar-refractivity contribution in [3.63, 3.8) is 0 Å². The summed E-state index contributed by atoms with van der Waals surface area (Å²) in [6, 6.07) is 2.46. The lowest BCUT2D eigenvalue weighted by atomic mass is 10.0. The van der Waals surface area contributed by atoms with E-state index >= 15 is 0 Å². The minimum Gasteiger partial charge on any atom is -0.394 e. The highest BCUT2D eigenvalue weighted by molar-refractivity contribution is 6.87. The Kier molecular flexibility index (Phi) is 6.44. The van der Waals surface area contributed by atoms with Crippen molar-refractivity contribution in [2.24, 2.45) is 0 Å². The van der Waals surface area contributed by atoms with Crippen LogP contribution in [0.5, 0.6) is 0 Å². The molecule has 0 spiro atoms. The molecule has 4 N–H and O–H groups in total. The van der Waals surface area contributed by atoms with Crippen LogP contribution in [0.2, 0.25) is 18.1 Å². The van der Waals surface area contributed by atoms with Crippen LogP contribution >= 0.6 is 0 Å². The lowest BCUT2D eigenvalue weighted by molar-refractivity contribution is -0.108. The van der Waals surface area contributed by atoms with Gasteiger partial charge in [-0.25, -0.2) is 4.79 Å². The van der Waals surface area contributed by atoms with Gasteiger partial charge < -0.3 is 20.1 Å². The van der Waals surface area contributed by atoms with E-state index in [2.05, 4.69) is 11.5 Å². The number of aliphatic hydroxyl groups excluding tert-OH is 3. The molecule has 150 valence electrons. The SMILES string of the molecule is CC[Si](C#C[C@@]1(n2cc(F)c(=O)[nH]c2=O)O[C@H](CO)[C@@H](O)[C@H]1O)(CC)CC. The van der Waals surface area contributed by atoms with E-state index in [1.54, 1.807) is 4.98 Å². The molecule has 0 unspecified atom stereocenters. The van der Waals surface area contributed by atoms with E-state index in [0.29, 0.717) is 10.8 Å². The van der Waals surface area contributed by atoms with Crippen molar-refractivity contribution < 1.29 is 24.4 Å². The van der Waals surface area contributed by atoms with E-state index in [9.17, 15) is 29.3 Å². The predicted octanol–water partition coefficient (Wildman–Crippen LogP) is -0.507. The van der Waals surface area contributed by atoms with Gasteiger partial charge in [0.1, 0.15) is 26.4 Å². The molecular weight excluding hydrogens is 375 g/mol. The van der Waals surface area contributed by atoms with Gasteiger partial charge in [0.2, 0.25) is 11.5 Å². The van der Waals surface area contributed by atoms with Crippen LogP contribution < -0.4 is 11.2 Å². The smallest absolute Gasteiger partial charge is 0.331 e. The third-order valence-electron chi connectivity index (χ3n) is 5.41. The third-order valence-corrected chi connectivity index (χ3v) is 10.1. The lowest BCUT2D eigenvalue weighted by Gasteiger charge is -2.30. The molecule has 1 saturated heterocycles. The van der Waals surface area contributed by atoms with Gasteiger partial charge in [0, 0.05) is 0 Å². The largest absolute Gasteiger partial charge is 0.394 e. The maximum Gasteiger partial charge on any atom is 0.331 e. The quantitative estimate of drug-likeness (QED) is 0.390. The van der Waals surface area contributed by atoms with Crippen molar-refractivity contribution in [2.75, 3.05) is 6.61 Å². The van der Waals surface area contributed by atoms with Crippen molar-refractivity contribution in [1.29, 1.82) is 0 Å². The topological polar surface area (TPSA) is 125 Å². The molecule has 1 aromatic rings. The monoisotopic (exact) mass is 400 g/mol. The standard InChI is InChI=1S/C17H25FN2O6Si/c1-4-27(5-2,6-3)8-7-17(14(23)13(22)12(10-21)26-17)20-9-11(18)15(24)19-16(20)25/h9,12-14,21-23H,4-6,10H2,1-3H3,(H,19,24,25)/t12-,13-,14-,17-/m1/s1. The second kappa shape index (κ2) is 8.08. The molecule has 2 heterocycles. The molecule has 0 radical (unpaired) electrons. The molecule has 8 nitrogen and oxygen atoms in total. The Balaban J connectivity index is 2.75. The summed E-state index contributed by atoms with van der Waals surface area (Å²) in [6.07, 6.45) is -3.91. The highest BCUT2D eigenvalue weighted by Gasteiger charge is 2.55. The summed E-state index contributed by atoms with van der Waals surface area (Å²) in [4.78, 5) is 25.5. The fourth-order valence-corrected chi connectivity index (χ4v) is 5.72. The molecule has 1 aliphatic heterocycles. The van der Waals surface area contributed by atoms with E-state index in [1.807, 2.05) is 20.8 Å². The van der Waals surface area contributed by atoms with E-state index in [-0.39, 0.29) is 0 Å². The fraction of sp³-hybridized carbons (Fsp3) is 0.647. The Hall–Kier alpha value is -1.77. The summed E-state index contributed by atoms with van der Waals surface area (Å²) in [5.74, 6) is 1.51. The minimum absolute atomic E-state index is 0.596. The molecule has 0 aliphatic carbocycles. The maximum atomic E-state index is 13.9. The number of ether oxygens (including phenoxy) is 1. The highest BCUT2D eigenvalue weighted by atomic mass is 28.3. The highest BCUT2D eigenvalue weighted by Crippen LogP contribution is 2.35. The van der Waals surface area contributed by atoms with E-state index < -0.39 is 55.8 Å². The van der Waals surface area contributed by atoms with Gasteiger partial charge in [-0.3, -0.25) is 14.3 Å². The first-order chi connectivity index (χ1) is 12.7. The summed E-state index contributed by atoms with van der Waals surface area (Å²) in [7, 11) is -2.07. The molecule has 0 amide bonds. The fourth-order valence-electron chi connectivity index (χ4n) is 3.24. The molecule has 10 heteroatoms. The van der Waals surface area contributed by atoms with Crippen LogP contribution in [0.1, 0.15) is 20.8 Å². The molecular formula is C17H25FN2O6Si. The first-order valence-corrected chi connectivity index (χ1v) is 11.5. The number of aromatic amines is 1. The van der Waals surface area contributed by atoms with Gasteiger partial charge in [0.05, 0.1) is 12.8 Å². The molecule has 1 fully saturated rings. The Morgan fingerprint density at radius 2 is 1.89 bits per heavy atom. The van der Waals surface area contributed by atoms with Crippen LogP contribution in [0, 0.1) is 17.3 Å². The summed E-state index contributed by atoms with van der Waals surface area (Å²) >= 11 is 0. The van der Waals surface area contributed by atoms with Gasteiger partial charge in [-0.2, -0.15) is 4.39 Å². The zero-order valence-electron chi connectivity index (χ0n) is 15.5. The van der Waals surface area contributed by atoms with Gasteiger partial charge >= 0.3 is 5.69 Å². The Morgan fingerprint density at radius 1 is 1.30 bits per heavy atom. The normalized spacial score (nSPS) is 28.0. The van der Waals surface area contributed by atoms with Crippen molar-refractivity contribution in [3.05, 3.63) is 32.9 Å². The van der Waals surface area contributed by atoms with Crippen molar-refractivity contribution >= 4 is 8.07 Å². The van der Waals surface area contributed by atoms with Crippen molar-refractivity contribution in [2.45, 2.75) is 62.9 Å². The summed E-state index contributed by atoms with van der Waals surface area (Å²) in [6.45, 7) is 5.37. The minimum atomic E-state index is -2.12. The number of halogens is 1. The van der Waals surface area contributed by atoms with Crippen LogP contribution in [0.15, 0.2) is 15.8 Å². The number of H-pyrrole nitrogens is 1. The average molecular weight is 400 g/mol. The predicted molar refractivity (Wildman–Crippen MR) is 98.2 cm³/mol. The number of hydrogen-bond donors (Lipinski definition) is 4. The number of hydrogen-bond acceptors (Lipinski definition) is 6. The second-order valence-corrected chi connectivity index (χ2v) is 11.6. The summed E-state index contributed by atoms with van der Waals surface area (Å²) < 4.78 is 20.1. The van der Waals surface area contributed by atoms with E-state index in [0.717, 1.165) is 18.1 Å². The van der Waals surface area contributed by atoms with Gasteiger partial charge in [0.25, 0.3) is 5.56 Å².